The van der Waals surface area contributed by atoms with Crippen LogP contribution in [0.2, 0.25) is 10.0 Å². The van der Waals surface area contributed by atoms with Gasteiger partial charge in [0, 0.05) is 9.26 Å². The molecule has 8 heteroatoms. The largest absolute Gasteiger partial charge is 0.350 e. The van der Waals surface area contributed by atoms with E-state index in [4.69, 9.17) is 34.8 Å². The highest BCUT2D eigenvalue weighted by molar-refractivity contribution is 14.1. The van der Waals surface area contributed by atoms with Crippen LogP contribution in [0.15, 0.2) is 47.1 Å². The molecule has 0 fully saturated rings. The first-order valence-corrected chi connectivity index (χ1v) is 9.27. The molecular weight excluding hydrogens is 497 g/mol. The number of hydrogen-bond donors (Lipinski definition) is 1. The van der Waals surface area contributed by atoms with Crippen LogP contribution in [0.3, 0.4) is 0 Å². The Kier molecular flexibility index (Phi) is 5.29. The standard InChI is InChI=1S/C17H10Cl3IN2O2/c1-8-6-9(21)2-5-13(8)23-16(24)14(20)15(17(23)25)22-10-3-4-11(18)12(19)7-10/h2-7,22H,1H3. The maximum Gasteiger partial charge on any atom is 0.283 e. The average molecular weight is 508 g/mol. The number of imide groups is 1. The van der Waals surface area contributed by atoms with Gasteiger partial charge in [-0.3, -0.25) is 9.59 Å². The highest BCUT2D eigenvalue weighted by atomic mass is 127. The normalized spacial score (nSPS) is 14.5. The molecule has 1 aliphatic rings. The van der Waals surface area contributed by atoms with Gasteiger partial charge in [-0.25, -0.2) is 4.90 Å². The number of halogens is 4. The predicted octanol–water partition coefficient (Wildman–Crippen LogP) is 5.34. The Labute approximate surface area is 172 Å². The molecule has 0 bridgehead atoms. The summed E-state index contributed by atoms with van der Waals surface area (Å²) in [6.45, 7) is 1.83. The van der Waals surface area contributed by atoms with Gasteiger partial charge in [-0.15, -0.1) is 0 Å². The number of nitrogens with zero attached hydrogens (tertiary/aromatic N) is 1. The predicted molar refractivity (Wildman–Crippen MR) is 109 cm³/mol. The number of amides is 2. The number of anilines is 2. The van der Waals surface area contributed by atoms with Gasteiger partial charge < -0.3 is 5.32 Å². The van der Waals surface area contributed by atoms with Crippen LogP contribution in [-0.2, 0) is 9.59 Å². The summed E-state index contributed by atoms with van der Waals surface area (Å²) in [6, 6.07) is 10.2. The van der Waals surface area contributed by atoms with Gasteiger partial charge in [-0.2, -0.15) is 0 Å². The first-order chi connectivity index (χ1) is 11.8. The van der Waals surface area contributed by atoms with Crippen LogP contribution >= 0.6 is 57.4 Å². The third-order valence-electron chi connectivity index (χ3n) is 3.62. The van der Waals surface area contributed by atoms with Crippen LogP contribution in [0.5, 0.6) is 0 Å². The van der Waals surface area contributed by atoms with E-state index in [1.165, 1.54) is 0 Å². The number of carbonyl (C=O) groups excluding carboxylic acids is 2. The van der Waals surface area contributed by atoms with Crippen molar-refractivity contribution in [3.05, 3.63) is 66.3 Å². The fraction of sp³-hybridized carbons (Fsp3) is 0.0588. The highest BCUT2D eigenvalue weighted by Crippen LogP contribution is 2.33. The van der Waals surface area contributed by atoms with E-state index in [1.54, 1.807) is 24.3 Å². The summed E-state index contributed by atoms with van der Waals surface area (Å²) < 4.78 is 1.01. The Morgan fingerprint density at radius 1 is 0.960 bits per heavy atom. The molecule has 0 aliphatic carbocycles. The van der Waals surface area contributed by atoms with Crippen molar-refractivity contribution >= 4 is 80.6 Å². The number of hydrogen-bond acceptors (Lipinski definition) is 3. The van der Waals surface area contributed by atoms with Gasteiger partial charge >= 0.3 is 0 Å². The molecule has 0 saturated carbocycles. The summed E-state index contributed by atoms with van der Waals surface area (Å²) in [5.74, 6) is -1.09. The molecule has 1 heterocycles. The zero-order chi connectivity index (χ0) is 18.3. The summed E-state index contributed by atoms with van der Waals surface area (Å²) in [6.07, 6.45) is 0. The quantitative estimate of drug-likeness (QED) is 0.451. The topological polar surface area (TPSA) is 49.4 Å². The van der Waals surface area contributed by atoms with E-state index in [2.05, 4.69) is 27.9 Å². The van der Waals surface area contributed by atoms with Crippen LogP contribution in [0.25, 0.3) is 0 Å². The number of benzene rings is 2. The second-order valence-corrected chi connectivity index (χ2v) is 7.76. The molecule has 2 aromatic rings. The first kappa shape index (κ1) is 18.5. The zero-order valence-electron chi connectivity index (χ0n) is 12.7. The van der Waals surface area contributed by atoms with E-state index in [1.807, 2.05) is 19.1 Å². The van der Waals surface area contributed by atoms with Crippen LogP contribution in [0.4, 0.5) is 11.4 Å². The molecule has 4 nitrogen and oxygen atoms in total. The molecule has 0 radical (unpaired) electrons. The molecule has 0 atom stereocenters. The lowest BCUT2D eigenvalue weighted by atomic mass is 10.2. The van der Waals surface area contributed by atoms with E-state index >= 15 is 0 Å². The van der Waals surface area contributed by atoms with Gasteiger partial charge in [0.25, 0.3) is 11.8 Å². The van der Waals surface area contributed by atoms with Crippen molar-refractivity contribution in [1.82, 2.24) is 0 Å². The summed E-state index contributed by atoms with van der Waals surface area (Å²) >= 11 is 20.1. The fourth-order valence-electron chi connectivity index (χ4n) is 2.42. The molecule has 25 heavy (non-hydrogen) atoms. The van der Waals surface area contributed by atoms with Gasteiger partial charge in [-0.1, -0.05) is 34.8 Å². The fourth-order valence-corrected chi connectivity index (χ4v) is 3.58. The summed E-state index contributed by atoms with van der Waals surface area (Å²) in [7, 11) is 0. The molecule has 0 aromatic heterocycles. The maximum absolute atomic E-state index is 12.8. The third-order valence-corrected chi connectivity index (χ3v) is 5.38. The van der Waals surface area contributed by atoms with Crippen molar-refractivity contribution in [2.45, 2.75) is 6.92 Å². The average Bonchev–Trinajstić information content (AvgIpc) is 2.75. The monoisotopic (exact) mass is 506 g/mol. The van der Waals surface area contributed by atoms with Crippen LogP contribution in [-0.4, -0.2) is 11.8 Å². The lowest BCUT2D eigenvalue weighted by Crippen LogP contribution is -2.32. The van der Waals surface area contributed by atoms with Gasteiger partial charge in [0.15, 0.2) is 0 Å². The van der Waals surface area contributed by atoms with E-state index in [9.17, 15) is 9.59 Å². The summed E-state index contributed by atoms with van der Waals surface area (Å²) in [5, 5.41) is 3.40. The Hall–Kier alpha value is -1.28. The van der Waals surface area contributed by atoms with Crippen molar-refractivity contribution in [2.24, 2.45) is 0 Å². The van der Waals surface area contributed by atoms with Crippen LogP contribution < -0.4 is 10.2 Å². The third kappa shape index (κ3) is 3.51. The first-order valence-electron chi connectivity index (χ1n) is 7.06. The summed E-state index contributed by atoms with van der Waals surface area (Å²) in [4.78, 5) is 26.3. The summed E-state index contributed by atoms with van der Waals surface area (Å²) in [5.41, 5.74) is 1.81. The van der Waals surface area contributed by atoms with Gasteiger partial charge in [0.2, 0.25) is 0 Å². The highest BCUT2D eigenvalue weighted by Gasteiger charge is 2.39. The van der Waals surface area contributed by atoms with Crippen LogP contribution in [0.1, 0.15) is 5.56 Å². The second-order valence-electron chi connectivity index (χ2n) is 5.32. The Morgan fingerprint density at radius 2 is 1.68 bits per heavy atom. The van der Waals surface area contributed by atoms with E-state index < -0.39 is 11.8 Å². The van der Waals surface area contributed by atoms with Crippen LogP contribution in [0, 0.1) is 10.5 Å². The molecule has 0 spiro atoms. The van der Waals surface area contributed by atoms with E-state index in [-0.39, 0.29) is 10.7 Å². The molecule has 2 aromatic carbocycles. The molecule has 1 aliphatic heterocycles. The van der Waals surface area contributed by atoms with Gasteiger partial charge in [0.1, 0.15) is 10.7 Å². The van der Waals surface area contributed by atoms with E-state index in [0.717, 1.165) is 14.0 Å². The van der Waals surface area contributed by atoms with Crippen molar-refractivity contribution in [3.63, 3.8) is 0 Å². The number of nitrogens with one attached hydrogen (secondary N) is 1. The Balaban J connectivity index is 1.95. The van der Waals surface area contributed by atoms with Crippen molar-refractivity contribution < 1.29 is 9.59 Å². The smallest absolute Gasteiger partial charge is 0.283 e. The SMILES string of the molecule is Cc1cc(I)ccc1N1C(=O)C(Cl)=C(Nc2ccc(Cl)c(Cl)c2)C1=O. The minimum atomic E-state index is -0.571. The lowest BCUT2D eigenvalue weighted by Gasteiger charge is -2.17. The Morgan fingerprint density at radius 3 is 2.32 bits per heavy atom. The Bertz CT molecular complexity index is 943. The number of carbonyl (C=O) groups is 2. The molecule has 0 saturated heterocycles. The maximum atomic E-state index is 12.8. The minimum Gasteiger partial charge on any atom is -0.350 e. The molecule has 0 unspecified atom stereocenters. The number of aryl methyl sites for hydroxylation is 1. The molecular formula is C17H10Cl3IN2O2. The minimum absolute atomic E-state index is 0.00278. The number of rotatable bonds is 3. The van der Waals surface area contributed by atoms with Gasteiger partial charge in [-0.05, 0) is 71.5 Å². The van der Waals surface area contributed by atoms with Crippen molar-refractivity contribution in [2.75, 3.05) is 10.2 Å². The molecule has 128 valence electrons. The van der Waals surface area contributed by atoms with Gasteiger partial charge in [0.05, 0.1) is 15.7 Å². The molecule has 1 N–H and O–H groups in total. The second kappa shape index (κ2) is 7.15. The van der Waals surface area contributed by atoms with Crippen molar-refractivity contribution in [1.29, 1.82) is 0 Å². The molecule has 3 rings (SSSR count). The zero-order valence-corrected chi connectivity index (χ0v) is 17.2. The van der Waals surface area contributed by atoms with Crippen molar-refractivity contribution in [3.8, 4) is 0 Å². The molecule has 2 amide bonds. The van der Waals surface area contributed by atoms with E-state index in [0.29, 0.717) is 21.4 Å². The lowest BCUT2D eigenvalue weighted by molar-refractivity contribution is -0.120.